The van der Waals surface area contributed by atoms with Gasteiger partial charge in [0.2, 0.25) is 0 Å². The van der Waals surface area contributed by atoms with Gasteiger partial charge in [-0.25, -0.2) is 8.42 Å². The van der Waals surface area contributed by atoms with E-state index in [2.05, 4.69) is 21.2 Å². The van der Waals surface area contributed by atoms with Crippen LogP contribution in [0.3, 0.4) is 0 Å². The molecule has 0 aromatic carbocycles. The van der Waals surface area contributed by atoms with E-state index in [1.165, 1.54) is 11.3 Å². The highest BCUT2D eigenvalue weighted by molar-refractivity contribution is 9.11. The predicted molar refractivity (Wildman–Crippen MR) is 80.1 cm³/mol. The average molecular weight is 376 g/mol. The topological polar surface area (TPSA) is 49.4 Å². The minimum Gasteiger partial charge on any atom is -0.309 e. The summed E-state index contributed by atoms with van der Waals surface area (Å²) in [5, 5.41) is 3.33. The molecule has 104 valence electrons. The lowest BCUT2D eigenvalue weighted by molar-refractivity contribution is 0.263. The Balaban J connectivity index is 0.00000162. The molecule has 2 atom stereocenters. The van der Waals surface area contributed by atoms with Crippen molar-refractivity contribution >= 4 is 49.7 Å². The zero-order valence-corrected chi connectivity index (χ0v) is 14.1. The van der Waals surface area contributed by atoms with E-state index in [1.54, 1.807) is 16.4 Å². The van der Waals surface area contributed by atoms with E-state index in [0.717, 1.165) is 3.79 Å². The van der Waals surface area contributed by atoms with Crippen LogP contribution in [0.5, 0.6) is 0 Å². The molecular weight excluding hydrogens is 360 g/mol. The van der Waals surface area contributed by atoms with Crippen molar-refractivity contribution in [2.75, 3.05) is 13.1 Å². The molecule has 1 saturated heterocycles. The normalized spacial score (nSPS) is 25.7. The second-order valence-corrected chi connectivity index (χ2v) is 8.98. The van der Waals surface area contributed by atoms with Crippen LogP contribution in [0.15, 0.2) is 20.1 Å². The lowest BCUT2D eigenvalue weighted by Gasteiger charge is -2.34. The molecule has 1 aliphatic rings. The summed E-state index contributed by atoms with van der Waals surface area (Å²) in [7, 11) is -3.33. The molecule has 1 N–H and O–H groups in total. The number of piperazine rings is 1. The molecule has 1 aliphatic heterocycles. The lowest BCUT2D eigenvalue weighted by atomic mass is 10.2. The van der Waals surface area contributed by atoms with Crippen LogP contribution >= 0.6 is 39.7 Å². The number of rotatable bonds is 2. The summed E-state index contributed by atoms with van der Waals surface area (Å²) < 4.78 is 27.6. The van der Waals surface area contributed by atoms with Gasteiger partial charge in [0.15, 0.2) is 0 Å². The van der Waals surface area contributed by atoms with E-state index in [0.29, 0.717) is 17.3 Å². The summed E-state index contributed by atoms with van der Waals surface area (Å²) in [6.45, 7) is 5.06. The quantitative estimate of drug-likeness (QED) is 0.863. The third-order valence-corrected chi connectivity index (χ3v) is 6.59. The Morgan fingerprint density at radius 2 is 1.89 bits per heavy atom. The third-order valence-electron chi connectivity index (χ3n) is 2.67. The fourth-order valence-electron chi connectivity index (χ4n) is 2.04. The van der Waals surface area contributed by atoms with Gasteiger partial charge in [-0.15, -0.1) is 23.7 Å². The van der Waals surface area contributed by atoms with Gasteiger partial charge in [-0.1, -0.05) is 0 Å². The largest absolute Gasteiger partial charge is 0.309 e. The minimum atomic E-state index is -3.33. The summed E-state index contributed by atoms with van der Waals surface area (Å²) in [6.07, 6.45) is 0. The maximum atomic E-state index is 12.4. The average Bonchev–Trinajstić information content (AvgIpc) is 2.64. The Labute approximate surface area is 126 Å². The molecule has 0 saturated carbocycles. The molecular formula is C10H16BrClN2O2S2. The Bertz CT molecular complexity index is 496. The first-order valence-corrected chi connectivity index (χ1v) is 8.46. The van der Waals surface area contributed by atoms with Gasteiger partial charge in [0.05, 0.1) is 3.79 Å². The van der Waals surface area contributed by atoms with Crippen molar-refractivity contribution in [3.05, 3.63) is 15.9 Å². The van der Waals surface area contributed by atoms with Gasteiger partial charge < -0.3 is 5.32 Å². The number of hydrogen-bond acceptors (Lipinski definition) is 4. The Hall–Kier alpha value is 0.340. The Kier molecular flexibility index (Phi) is 5.64. The van der Waals surface area contributed by atoms with Gasteiger partial charge in [0.1, 0.15) is 4.21 Å². The summed E-state index contributed by atoms with van der Waals surface area (Å²) in [5.74, 6) is 0. The Morgan fingerprint density at radius 1 is 1.33 bits per heavy atom. The molecule has 18 heavy (non-hydrogen) atoms. The van der Waals surface area contributed by atoms with Gasteiger partial charge in [0.25, 0.3) is 10.0 Å². The van der Waals surface area contributed by atoms with Crippen LogP contribution in [-0.4, -0.2) is 37.9 Å². The molecule has 0 amide bonds. The van der Waals surface area contributed by atoms with Gasteiger partial charge in [-0.2, -0.15) is 4.31 Å². The molecule has 0 spiro atoms. The number of thiophene rings is 1. The molecule has 2 unspecified atom stereocenters. The Morgan fingerprint density at radius 3 is 2.33 bits per heavy atom. The summed E-state index contributed by atoms with van der Waals surface area (Å²) >= 11 is 4.55. The molecule has 2 heterocycles. The van der Waals surface area contributed by atoms with Crippen molar-refractivity contribution in [1.29, 1.82) is 0 Å². The van der Waals surface area contributed by atoms with Crippen molar-refractivity contribution in [3.63, 3.8) is 0 Å². The van der Waals surface area contributed by atoms with Crippen molar-refractivity contribution in [1.82, 2.24) is 9.62 Å². The van der Waals surface area contributed by atoms with Crippen molar-refractivity contribution in [2.45, 2.75) is 30.1 Å². The first-order valence-electron chi connectivity index (χ1n) is 5.41. The number of halogens is 2. The first kappa shape index (κ1) is 16.4. The van der Waals surface area contributed by atoms with Crippen molar-refractivity contribution in [2.24, 2.45) is 0 Å². The molecule has 1 aromatic heterocycles. The van der Waals surface area contributed by atoms with Crippen LogP contribution in [0, 0.1) is 0 Å². The van der Waals surface area contributed by atoms with E-state index in [9.17, 15) is 8.42 Å². The van der Waals surface area contributed by atoms with Gasteiger partial charge in [0, 0.05) is 25.2 Å². The number of hydrogen-bond donors (Lipinski definition) is 1. The van der Waals surface area contributed by atoms with Crippen LogP contribution in [-0.2, 0) is 10.0 Å². The fourth-order valence-corrected chi connectivity index (χ4v) is 5.82. The van der Waals surface area contributed by atoms with E-state index < -0.39 is 10.0 Å². The summed E-state index contributed by atoms with van der Waals surface area (Å²) in [5.41, 5.74) is 0. The van der Waals surface area contributed by atoms with Crippen LogP contribution in [0.4, 0.5) is 0 Å². The number of nitrogens with zero attached hydrogens (tertiary/aromatic N) is 1. The highest BCUT2D eigenvalue weighted by Gasteiger charge is 2.32. The highest BCUT2D eigenvalue weighted by atomic mass is 79.9. The SMILES string of the molecule is CC1CN(S(=O)(=O)c2ccc(Br)s2)CC(C)N1.Cl. The van der Waals surface area contributed by atoms with Crippen LogP contribution in [0.1, 0.15) is 13.8 Å². The minimum absolute atomic E-state index is 0. The lowest BCUT2D eigenvalue weighted by Crippen LogP contribution is -2.55. The van der Waals surface area contributed by atoms with E-state index in [4.69, 9.17) is 0 Å². The molecule has 2 rings (SSSR count). The maximum Gasteiger partial charge on any atom is 0.252 e. The molecule has 0 aliphatic carbocycles. The van der Waals surface area contributed by atoms with Crippen LogP contribution < -0.4 is 5.32 Å². The fraction of sp³-hybridized carbons (Fsp3) is 0.600. The number of sulfonamides is 1. The standard InChI is InChI=1S/C10H15BrN2O2S2.ClH/c1-7-5-13(6-8(2)12-7)17(14,15)10-4-3-9(11)16-10;/h3-4,7-8,12H,5-6H2,1-2H3;1H. The predicted octanol–water partition coefficient (Wildman–Crippen LogP) is 2.30. The monoisotopic (exact) mass is 374 g/mol. The van der Waals surface area contributed by atoms with E-state index in [1.807, 2.05) is 13.8 Å². The smallest absolute Gasteiger partial charge is 0.252 e. The van der Waals surface area contributed by atoms with E-state index in [-0.39, 0.29) is 24.5 Å². The molecule has 0 bridgehead atoms. The molecule has 1 aromatic rings. The van der Waals surface area contributed by atoms with Crippen molar-refractivity contribution < 1.29 is 8.42 Å². The van der Waals surface area contributed by atoms with Gasteiger partial charge in [-0.3, -0.25) is 0 Å². The zero-order chi connectivity index (χ0) is 12.6. The van der Waals surface area contributed by atoms with Gasteiger partial charge in [-0.05, 0) is 41.9 Å². The summed E-state index contributed by atoms with van der Waals surface area (Å²) in [4.78, 5) is 0. The maximum absolute atomic E-state index is 12.4. The second kappa shape index (κ2) is 6.19. The third kappa shape index (κ3) is 3.46. The summed E-state index contributed by atoms with van der Waals surface area (Å²) in [6, 6.07) is 3.81. The highest BCUT2D eigenvalue weighted by Crippen LogP contribution is 2.29. The first-order chi connectivity index (χ1) is 7.89. The zero-order valence-electron chi connectivity index (χ0n) is 10.1. The van der Waals surface area contributed by atoms with Crippen molar-refractivity contribution in [3.8, 4) is 0 Å². The second-order valence-electron chi connectivity index (χ2n) is 4.35. The molecule has 1 fully saturated rings. The number of nitrogens with one attached hydrogen (secondary N) is 1. The van der Waals surface area contributed by atoms with Crippen LogP contribution in [0.25, 0.3) is 0 Å². The molecule has 4 nitrogen and oxygen atoms in total. The van der Waals surface area contributed by atoms with Crippen LogP contribution in [0.2, 0.25) is 0 Å². The van der Waals surface area contributed by atoms with E-state index >= 15 is 0 Å². The van der Waals surface area contributed by atoms with Gasteiger partial charge >= 0.3 is 0 Å². The molecule has 0 radical (unpaired) electrons. The molecule has 8 heteroatoms.